The number of rotatable bonds is 5. The second kappa shape index (κ2) is 7.50. The molecule has 0 bridgehead atoms. The molecule has 1 N–H and O–H groups in total. The van der Waals surface area contributed by atoms with Crippen molar-refractivity contribution >= 4 is 27.6 Å². The number of carbonyl (C=O) groups is 2. The first-order valence-electron chi connectivity index (χ1n) is 8.46. The summed E-state index contributed by atoms with van der Waals surface area (Å²) in [5, 5.41) is 13.8. The fraction of sp³-hybridized carbons (Fsp3) is 0.263. The Balaban J connectivity index is 1.97. The number of carboxylic acids is 1. The van der Waals surface area contributed by atoms with Crippen LogP contribution in [0.3, 0.4) is 0 Å². The number of benzene rings is 2. The van der Waals surface area contributed by atoms with Crippen LogP contribution in [0.5, 0.6) is 0 Å². The molecule has 1 amide bonds. The summed E-state index contributed by atoms with van der Waals surface area (Å²) in [6.07, 6.45) is 0.0865. The summed E-state index contributed by atoms with van der Waals surface area (Å²) in [7, 11) is -3.92. The van der Waals surface area contributed by atoms with Crippen molar-refractivity contribution in [1.82, 2.24) is 4.31 Å². The van der Waals surface area contributed by atoms with Gasteiger partial charge in [-0.25, -0.2) is 8.42 Å². The molecule has 0 unspecified atom stereocenters. The average molecular weight is 387 g/mol. The van der Waals surface area contributed by atoms with Crippen molar-refractivity contribution in [3.8, 4) is 0 Å². The molecule has 2 aromatic carbocycles. The van der Waals surface area contributed by atoms with Crippen LogP contribution in [0.15, 0.2) is 53.4 Å². The van der Waals surface area contributed by atoms with E-state index in [0.717, 1.165) is 5.56 Å². The SMILES string of the molecule is CC(=O)Nc1ccc(S(=O)(=O)N2CCc3ccccc3[C@H]2CC(=O)[O-])cc1. The van der Waals surface area contributed by atoms with E-state index in [1.165, 1.54) is 35.5 Å². The molecular weight excluding hydrogens is 368 g/mol. The van der Waals surface area contributed by atoms with Crippen molar-refractivity contribution < 1.29 is 23.1 Å². The van der Waals surface area contributed by atoms with Gasteiger partial charge in [-0.05, 0) is 41.8 Å². The number of aliphatic carboxylic acids is 1. The van der Waals surface area contributed by atoms with Crippen LogP contribution >= 0.6 is 0 Å². The van der Waals surface area contributed by atoms with E-state index >= 15 is 0 Å². The van der Waals surface area contributed by atoms with Crippen LogP contribution in [0.2, 0.25) is 0 Å². The fourth-order valence-corrected chi connectivity index (χ4v) is 4.94. The van der Waals surface area contributed by atoms with Gasteiger partial charge in [0, 0.05) is 31.5 Å². The summed E-state index contributed by atoms with van der Waals surface area (Å²) in [6.45, 7) is 1.55. The Labute approximate surface area is 157 Å². The average Bonchev–Trinajstić information content (AvgIpc) is 2.61. The molecule has 142 valence electrons. The second-order valence-corrected chi connectivity index (χ2v) is 8.25. The van der Waals surface area contributed by atoms with Gasteiger partial charge in [0.1, 0.15) is 0 Å². The lowest BCUT2D eigenvalue weighted by Gasteiger charge is -2.36. The molecule has 1 atom stereocenters. The van der Waals surface area contributed by atoms with Crippen LogP contribution in [0.1, 0.15) is 30.5 Å². The van der Waals surface area contributed by atoms with Gasteiger partial charge >= 0.3 is 0 Å². The van der Waals surface area contributed by atoms with E-state index in [2.05, 4.69) is 5.32 Å². The number of fused-ring (bicyclic) bond motifs is 1. The van der Waals surface area contributed by atoms with Crippen molar-refractivity contribution in [2.75, 3.05) is 11.9 Å². The quantitative estimate of drug-likeness (QED) is 0.826. The van der Waals surface area contributed by atoms with Gasteiger partial charge in [-0.3, -0.25) is 4.79 Å². The number of nitrogens with zero attached hydrogens (tertiary/aromatic N) is 1. The van der Waals surface area contributed by atoms with Gasteiger partial charge in [-0.15, -0.1) is 0 Å². The topological polar surface area (TPSA) is 107 Å². The van der Waals surface area contributed by atoms with E-state index in [0.29, 0.717) is 17.7 Å². The van der Waals surface area contributed by atoms with Gasteiger partial charge in [0.05, 0.1) is 10.9 Å². The maximum Gasteiger partial charge on any atom is 0.243 e. The van der Waals surface area contributed by atoms with Crippen LogP contribution in [-0.4, -0.2) is 31.1 Å². The standard InChI is InChI=1S/C19H20N2O5S/c1-13(22)20-15-6-8-16(9-7-15)27(25,26)21-11-10-14-4-2-3-5-17(14)18(21)12-19(23)24/h2-9,18H,10-12H2,1H3,(H,20,22)(H,23,24)/p-1/t18-/m1/s1. The van der Waals surface area contributed by atoms with Crippen molar-refractivity contribution in [2.24, 2.45) is 0 Å². The molecule has 1 aliphatic rings. The monoisotopic (exact) mass is 387 g/mol. The minimum Gasteiger partial charge on any atom is -0.550 e. The Kier molecular flexibility index (Phi) is 5.29. The van der Waals surface area contributed by atoms with Crippen molar-refractivity contribution in [2.45, 2.75) is 30.7 Å². The number of anilines is 1. The minimum absolute atomic E-state index is 0.0410. The van der Waals surface area contributed by atoms with Gasteiger partial charge < -0.3 is 15.2 Å². The predicted octanol–water partition coefficient (Wildman–Crippen LogP) is 1.07. The first kappa shape index (κ1) is 19.1. The number of hydrogen-bond donors (Lipinski definition) is 1. The highest BCUT2D eigenvalue weighted by molar-refractivity contribution is 7.89. The van der Waals surface area contributed by atoms with E-state index < -0.39 is 28.5 Å². The lowest BCUT2D eigenvalue weighted by atomic mass is 9.92. The third-order valence-corrected chi connectivity index (χ3v) is 6.43. The molecule has 0 aromatic heterocycles. The smallest absolute Gasteiger partial charge is 0.243 e. The molecular formula is C19H19N2O5S-. The Bertz CT molecular complexity index is 970. The molecule has 27 heavy (non-hydrogen) atoms. The van der Waals surface area contributed by atoms with E-state index in [1.54, 1.807) is 12.1 Å². The van der Waals surface area contributed by atoms with Gasteiger partial charge in [0.25, 0.3) is 0 Å². The molecule has 7 nitrogen and oxygen atoms in total. The summed E-state index contributed by atoms with van der Waals surface area (Å²) >= 11 is 0. The number of nitrogens with one attached hydrogen (secondary N) is 1. The zero-order chi connectivity index (χ0) is 19.6. The number of sulfonamides is 1. The Hall–Kier alpha value is -2.71. The van der Waals surface area contributed by atoms with Crippen molar-refractivity contribution in [3.05, 3.63) is 59.7 Å². The zero-order valence-electron chi connectivity index (χ0n) is 14.7. The van der Waals surface area contributed by atoms with Gasteiger partial charge in [-0.1, -0.05) is 24.3 Å². The number of carbonyl (C=O) groups excluding carboxylic acids is 2. The molecule has 0 fully saturated rings. The number of amides is 1. The van der Waals surface area contributed by atoms with Crippen molar-refractivity contribution in [1.29, 1.82) is 0 Å². The van der Waals surface area contributed by atoms with E-state index in [1.807, 2.05) is 12.1 Å². The third kappa shape index (κ3) is 4.01. The molecule has 1 heterocycles. The molecule has 2 aromatic rings. The van der Waals surface area contributed by atoms with Crippen LogP contribution in [0.4, 0.5) is 5.69 Å². The summed E-state index contributed by atoms with van der Waals surface area (Å²) in [6, 6.07) is 12.2. The van der Waals surface area contributed by atoms with Crippen LogP contribution < -0.4 is 10.4 Å². The van der Waals surface area contributed by atoms with E-state index in [9.17, 15) is 23.1 Å². The largest absolute Gasteiger partial charge is 0.550 e. The first-order valence-corrected chi connectivity index (χ1v) is 9.90. The zero-order valence-corrected chi connectivity index (χ0v) is 15.5. The predicted molar refractivity (Wildman–Crippen MR) is 97.1 cm³/mol. The van der Waals surface area contributed by atoms with Gasteiger partial charge in [-0.2, -0.15) is 4.31 Å². The summed E-state index contributed by atoms with van der Waals surface area (Å²) in [5.74, 6) is -1.56. The maximum atomic E-state index is 13.1. The number of carboxylic acid groups (broad SMARTS) is 1. The molecule has 0 aliphatic carbocycles. The van der Waals surface area contributed by atoms with Gasteiger partial charge in [0.15, 0.2) is 0 Å². The normalized spacial score (nSPS) is 17.1. The Morgan fingerprint density at radius 3 is 2.44 bits per heavy atom. The summed E-state index contributed by atoms with van der Waals surface area (Å²) in [5.41, 5.74) is 2.11. The Morgan fingerprint density at radius 1 is 1.15 bits per heavy atom. The highest BCUT2D eigenvalue weighted by Gasteiger charge is 2.36. The lowest BCUT2D eigenvalue weighted by molar-refractivity contribution is -0.306. The molecule has 0 saturated heterocycles. The van der Waals surface area contributed by atoms with E-state index in [-0.39, 0.29) is 17.3 Å². The summed E-state index contributed by atoms with van der Waals surface area (Å²) in [4.78, 5) is 22.4. The number of hydrogen-bond acceptors (Lipinski definition) is 5. The lowest BCUT2D eigenvalue weighted by Crippen LogP contribution is -2.42. The highest BCUT2D eigenvalue weighted by atomic mass is 32.2. The molecule has 1 aliphatic heterocycles. The fourth-order valence-electron chi connectivity index (χ4n) is 3.33. The molecule has 8 heteroatoms. The molecule has 0 saturated carbocycles. The van der Waals surface area contributed by atoms with Gasteiger partial charge in [0.2, 0.25) is 15.9 Å². The highest BCUT2D eigenvalue weighted by Crippen LogP contribution is 2.36. The second-order valence-electron chi connectivity index (χ2n) is 6.36. The minimum atomic E-state index is -3.92. The first-order chi connectivity index (χ1) is 12.8. The molecule has 3 rings (SSSR count). The van der Waals surface area contributed by atoms with Crippen LogP contribution in [0, 0.1) is 0 Å². The molecule has 0 radical (unpaired) electrons. The van der Waals surface area contributed by atoms with Crippen LogP contribution in [-0.2, 0) is 26.0 Å². The third-order valence-electron chi connectivity index (χ3n) is 4.50. The maximum absolute atomic E-state index is 13.1. The Morgan fingerprint density at radius 2 is 1.81 bits per heavy atom. The van der Waals surface area contributed by atoms with Crippen molar-refractivity contribution in [3.63, 3.8) is 0 Å². The summed E-state index contributed by atoms with van der Waals surface area (Å²) < 4.78 is 27.5. The van der Waals surface area contributed by atoms with E-state index in [4.69, 9.17) is 0 Å². The molecule has 0 spiro atoms. The van der Waals surface area contributed by atoms with Crippen LogP contribution in [0.25, 0.3) is 0 Å².